The summed E-state index contributed by atoms with van der Waals surface area (Å²) in [6.07, 6.45) is 3.19. The summed E-state index contributed by atoms with van der Waals surface area (Å²) in [4.78, 5) is 30.8. The van der Waals surface area contributed by atoms with Crippen molar-refractivity contribution in [3.05, 3.63) is 28.5 Å². The van der Waals surface area contributed by atoms with Gasteiger partial charge < -0.3 is 14.4 Å². The normalized spacial score (nSPS) is 16.9. The van der Waals surface area contributed by atoms with Gasteiger partial charge in [-0.15, -0.1) is 0 Å². The number of aromatic nitrogens is 1. The molecular weight excluding hydrogens is 400 g/mol. The van der Waals surface area contributed by atoms with Gasteiger partial charge in [-0.2, -0.15) is 0 Å². The quantitative estimate of drug-likeness (QED) is 0.529. The number of piperidine rings is 1. The monoisotopic (exact) mass is 426 g/mol. The molecule has 1 aromatic rings. The zero-order valence-electron chi connectivity index (χ0n) is 15.9. The number of rotatable bonds is 4. The van der Waals surface area contributed by atoms with Crippen molar-refractivity contribution in [2.75, 3.05) is 13.1 Å². The van der Waals surface area contributed by atoms with Crippen molar-refractivity contribution in [1.82, 2.24) is 9.88 Å². The molecule has 2 rings (SSSR count). The van der Waals surface area contributed by atoms with Gasteiger partial charge in [-0.1, -0.05) is 13.0 Å². The van der Waals surface area contributed by atoms with E-state index in [-0.39, 0.29) is 18.7 Å². The van der Waals surface area contributed by atoms with Crippen LogP contribution in [0, 0.1) is 5.41 Å². The standard InChI is InChI=1S/C19H27BrN2O4/c1-5-19(16(23)25-13-14-7-6-10-21-15(14)20)8-11-22(12-9-19)17(24)26-18(2,3)4/h6-7,10H,5,8-9,11-13H2,1-4H3. The maximum absolute atomic E-state index is 12.7. The van der Waals surface area contributed by atoms with Gasteiger partial charge in [0.15, 0.2) is 0 Å². The van der Waals surface area contributed by atoms with E-state index in [9.17, 15) is 9.59 Å². The molecule has 2 heterocycles. The summed E-state index contributed by atoms with van der Waals surface area (Å²) in [7, 11) is 0. The Hall–Kier alpha value is -1.63. The maximum atomic E-state index is 12.7. The van der Waals surface area contributed by atoms with E-state index in [0.29, 0.717) is 37.0 Å². The average molecular weight is 427 g/mol. The Morgan fingerprint density at radius 1 is 1.31 bits per heavy atom. The highest BCUT2D eigenvalue weighted by Crippen LogP contribution is 2.37. The number of halogens is 1. The maximum Gasteiger partial charge on any atom is 0.410 e. The molecule has 0 spiro atoms. The second-order valence-corrected chi connectivity index (χ2v) is 8.38. The number of likely N-dealkylation sites (tertiary alicyclic amines) is 1. The summed E-state index contributed by atoms with van der Waals surface area (Å²) >= 11 is 3.36. The van der Waals surface area contributed by atoms with E-state index in [4.69, 9.17) is 9.47 Å². The van der Waals surface area contributed by atoms with Crippen LogP contribution >= 0.6 is 15.9 Å². The van der Waals surface area contributed by atoms with E-state index in [1.165, 1.54) is 0 Å². The zero-order valence-corrected chi connectivity index (χ0v) is 17.5. The Morgan fingerprint density at radius 3 is 2.50 bits per heavy atom. The molecule has 0 aliphatic carbocycles. The SMILES string of the molecule is CCC1(C(=O)OCc2cccnc2Br)CCN(C(=O)OC(C)(C)C)CC1. The second kappa shape index (κ2) is 8.37. The van der Waals surface area contributed by atoms with Crippen molar-refractivity contribution < 1.29 is 19.1 Å². The molecular formula is C19H27BrN2O4. The zero-order chi connectivity index (χ0) is 19.4. The molecule has 0 unspecified atom stereocenters. The van der Waals surface area contributed by atoms with Gasteiger partial charge in [-0.3, -0.25) is 4.79 Å². The van der Waals surface area contributed by atoms with E-state index < -0.39 is 11.0 Å². The van der Waals surface area contributed by atoms with Gasteiger partial charge in [0, 0.05) is 24.8 Å². The molecule has 1 aromatic heterocycles. The minimum absolute atomic E-state index is 0.185. The molecule has 0 saturated carbocycles. The van der Waals surface area contributed by atoms with Crippen LogP contribution in [0.2, 0.25) is 0 Å². The summed E-state index contributed by atoms with van der Waals surface area (Å²) in [6, 6.07) is 3.68. The first kappa shape index (κ1) is 20.7. The van der Waals surface area contributed by atoms with Gasteiger partial charge in [0.05, 0.1) is 5.41 Å². The lowest BCUT2D eigenvalue weighted by Gasteiger charge is -2.39. The highest BCUT2D eigenvalue weighted by Gasteiger charge is 2.42. The van der Waals surface area contributed by atoms with E-state index in [0.717, 1.165) is 5.56 Å². The van der Waals surface area contributed by atoms with Crippen LogP contribution in [0.4, 0.5) is 4.79 Å². The average Bonchev–Trinajstić information content (AvgIpc) is 2.59. The van der Waals surface area contributed by atoms with Crippen LogP contribution in [-0.2, 0) is 20.9 Å². The number of pyridine rings is 1. The number of ether oxygens (including phenoxy) is 2. The van der Waals surface area contributed by atoms with Gasteiger partial charge in [0.1, 0.15) is 16.8 Å². The first-order valence-corrected chi connectivity index (χ1v) is 9.71. The van der Waals surface area contributed by atoms with Gasteiger partial charge in [0.2, 0.25) is 0 Å². The molecule has 0 aromatic carbocycles. The number of esters is 1. The summed E-state index contributed by atoms with van der Waals surface area (Å²) in [5.41, 5.74) is -0.238. The number of hydrogen-bond donors (Lipinski definition) is 0. The third kappa shape index (κ3) is 5.19. The fraction of sp³-hybridized carbons (Fsp3) is 0.632. The number of nitrogens with zero attached hydrogens (tertiary/aromatic N) is 2. The molecule has 0 bridgehead atoms. The number of hydrogen-bond acceptors (Lipinski definition) is 5. The smallest absolute Gasteiger partial charge is 0.410 e. The van der Waals surface area contributed by atoms with Crippen molar-refractivity contribution in [1.29, 1.82) is 0 Å². The van der Waals surface area contributed by atoms with Crippen molar-refractivity contribution in [2.45, 2.75) is 59.2 Å². The molecule has 0 N–H and O–H groups in total. The van der Waals surface area contributed by atoms with Crippen molar-refractivity contribution >= 4 is 28.0 Å². The molecule has 1 fully saturated rings. The van der Waals surface area contributed by atoms with Gasteiger partial charge in [-0.05, 0) is 62.0 Å². The summed E-state index contributed by atoms with van der Waals surface area (Å²) in [5.74, 6) is -0.209. The number of amides is 1. The number of carbonyl (C=O) groups is 2. The molecule has 1 aliphatic heterocycles. The molecule has 0 radical (unpaired) electrons. The van der Waals surface area contributed by atoms with Gasteiger partial charge in [0.25, 0.3) is 0 Å². The van der Waals surface area contributed by atoms with Crippen molar-refractivity contribution in [3.63, 3.8) is 0 Å². The van der Waals surface area contributed by atoms with Crippen LogP contribution in [-0.4, -0.2) is 40.6 Å². The van der Waals surface area contributed by atoms with Gasteiger partial charge >= 0.3 is 12.1 Å². The minimum atomic E-state index is -0.548. The molecule has 7 heteroatoms. The highest BCUT2D eigenvalue weighted by atomic mass is 79.9. The topological polar surface area (TPSA) is 68.7 Å². The fourth-order valence-electron chi connectivity index (χ4n) is 2.97. The Balaban J connectivity index is 1.94. The molecule has 1 saturated heterocycles. The van der Waals surface area contributed by atoms with Crippen LogP contribution in [0.15, 0.2) is 22.9 Å². The lowest BCUT2D eigenvalue weighted by Crippen LogP contribution is -2.48. The Kier molecular flexibility index (Phi) is 6.66. The predicted octanol–water partition coefficient (Wildman–Crippen LogP) is 4.31. The molecule has 26 heavy (non-hydrogen) atoms. The Bertz CT molecular complexity index is 649. The molecule has 1 amide bonds. The summed E-state index contributed by atoms with van der Waals surface area (Å²) in [5, 5.41) is 0. The summed E-state index contributed by atoms with van der Waals surface area (Å²) in [6.45, 7) is 8.70. The largest absolute Gasteiger partial charge is 0.460 e. The Morgan fingerprint density at radius 2 is 1.96 bits per heavy atom. The van der Waals surface area contributed by atoms with E-state index >= 15 is 0 Å². The lowest BCUT2D eigenvalue weighted by atomic mass is 9.76. The molecule has 144 valence electrons. The first-order chi connectivity index (χ1) is 12.2. The van der Waals surface area contributed by atoms with Crippen LogP contribution in [0.3, 0.4) is 0 Å². The van der Waals surface area contributed by atoms with Crippen molar-refractivity contribution in [2.24, 2.45) is 5.41 Å². The third-order valence-corrected chi connectivity index (χ3v) is 5.39. The fourth-order valence-corrected chi connectivity index (χ4v) is 3.33. The third-order valence-electron chi connectivity index (χ3n) is 4.68. The Labute approximate surface area is 163 Å². The van der Waals surface area contributed by atoms with Crippen LogP contribution in [0.5, 0.6) is 0 Å². The van der Waals surface area contributed by atoms with Crippen LogP contribution < -0.4 is 0 Å². The lowest BCUT2D eigenvalue weighted by molar-refractivity contribution is -0.160. The van der Waals surface area contributed by atoms with Crippen LogP contribution in [0.25, 0.3) is 0 Å². The van der Waals surface area contributed by atoms with E-state index in [1.54, 1.807) is 11.1 Å². The molecule has 0 atom stereocenters. The minimum Gasteiger partial charge on any atom is -0.460 e. The summed E-state index contributed by atoms with van der Waals surface area (Å²) < 4.78 is 11.7. The van der Waals surface area contributed by atoms with Crippen molar-refractivity contribution in [3.8, 4) is 0 Å². The predicted molar refractivity (Wildman–Crippen MR) is 101 cm³/mol. The molecule has 6 nitrogen and oxygen atoms in total. The highest BCUT2D eigenvalue weighted by molar-refractivity contribution is 9.10. The number of carbonyl (C=O) groups excluding carboxylic acids is 2. The first-order valence-electron chi connectivity index (χ1n) is 8.91. The second-order valence-electron chi connectivity index (χ2n) is 7.63. The molecule has 1 aliphatic rings. The van der Waals surface area contributed by atoms with Gasteiger partial charge in [-0.25, -0.2) is 9.78 Å². The van der Waals surface area contributed by atoms with E-state index in [2.05, 4.69) is 20.9 Å². The van der Waals surface area contributed by atoms with Crippen LogP contribution in [0.1, 0.15) is 52.5 Å². The van der Waals surface area contributed by atoms with E-state index in [1.807, 2.05) is 39.8 Å².